The number of carbonyl (C=O) groups excluding carboxylic acids is 1. The SMILES string of the molecule is CCOC(=O)Cc1c(C)ccc([N+](=O)[O-])c1C. The largest absolute Gasteiger partial charge is 0.466 e. The number of nitrogens with zero attached hydrogens (tertiary/aromatic N) is 1. The minimum absolute atomic E-state index is 0.0369. The van der Waals surface area contributed by atoms with Crippen LogP contribution in [0.4, 0.5) is 5.69 Å². The summed E-state index contributed by atoms with van der Waals surface area (Å²) in [5.74, 6) is -0.362. The number of carbonyl (C=O) groups is 1. The van der Waals surface area contributed by atoms with Crippen LogP contribution in [0.3, 0.4) is 0 Å². The van der Waals surface area contributed by atoms with Crippen molar-refractivity contribution in [3.8, 4) is 0 Å². The highest BCUT2D eigenvalue weighted by Crippen LogP contribution is 2.24. The third kappa shape index (κ3) is 3.03. The van der Waals surface area contributed by atoms with Gasteiger partial charge in [0.25, 0.3) is 5.69 Å². The summed E-state index contributed by atoms with van der Waals surface area (Å²) in [6.45, 7) is 5.52. The van der Waals surface area contributed by atoms with Crippen LogP contribution in [0.2, 0.25) is 0 Å². The maximum Gasteiger partial charge on any atom is 0.310 e. The monoisotopic (exact) mass is 237 g/mol. The third-order valence-corrected chi connectivity index (χ3v) is 2.63. The molecule has 0 radical (unpaired) electrons. The van der Waals surface area contributed by atoms with Gasteiger partial charge >= 0.3 is 5.97 Å². The summed E-state index contributed by atoms with van der Waals surface area (Å²) in [7, 11) is 0. The number of esters is 1. The molecule has 5 nitrogen and oxygen atoms in total. The minimum atomic E-state index is -0.441. The van der Waals surface area contributed by atoms with Gasteiger partial charge in [0.05, 0.1) is 18.0 Å². The average Bonchev–Trinajstić information content (AvgIpc) is 2.24. The molecule has 0 amide bonds. The standard InChI is InChI=1S/C12H15NO4/c1-4-17-12(14)7-10-8(2)5-6-11(9(10)3)13(15)16/h5-6H,4,7H2,1-3H3. The molecule has 0 atom stereocenters. The van der Waals surface area contributed by atoms with Crippen LogP contribution in [-0.2, 0) is 16.0 Å². The molecule has 0 fully saturated rings. The van der Waals surface area contributed by atoms with E-state index < -0.39 is 4.92 Å². The van der Waals surface area contributed by atoms with Crippen LogP contribution < -0.4 is 0 Å². The molecule has 0 aliphatic carbocycles. The summed E-state index contributed by atoms with van der Waals surface area (Å²) in [5, 5.41) is 10.8. The molecule has 0 aliphatic rings. The number of benzene rings is 1. The molecule has 0 spiro atoms. The molecule has 0 unspecified atom stereocenters. The number of ether oxygens (including phenoxy) is 1. The fourth-order valence-electron chi connectivity index (χ4n) is 1.71. The normalized spacial score (nSPS) is 10.1. The second-order valence-electron chi connectivity index (χ2n) is 3.74. The summed E-state index contributed by atoms with van der Waals surface area (Å²) in [6, 6.07) is 3.11. The van der Waals surface area contributed by atoms with Gasteiger partial charge in [-0.1, -0.05) is 6.07 Å². The Labute approximate surface area is 99.5 Å². The summed E-state index contributed by atoms with van der Waals surface area (Å²) < 4.78 is 4.85. The van der Waals surface area contributed by atoms with Crippen molar-refractivity contribution in [1.29, 1.82) is 0 Å². The first-order chi connectivity index (χ1) is 7.97. The van der Waals surface area contributed by atoms with Gasteiger partial charge in [-0.15, -0.1) is 0 Å². The minimum Gasteiger partial charge on any atom is -0.466 e. The van der Waals surface area contributed by atoms with Gasteiger partial charge < -0.3 is 4.74 Å². The van der Waals surface area contributed by atoms with Gasteiger partial charge in [-0.25, -0.2) is 0 Å². The van der Waals surface area contributed by atoms with Gasteiger partial charge in [0.2, 0.25) is 0 Å². The molecular weight excluding hydrogens is 222 g/mol. The van der Waals surface area contributed by atoms with Crippen LogP contribution in [0, 0.1) is 24.0 Å². The van der Waals surface area contributed by atoms with Crippen molar-refractivity contribution in [1.82, 2.24) is 0 Å². The van der Waals surface area contributed by atoms with Crippen molar-refractivity contribution in [2.75, 3.05) is 6.61 Å². The molecule has 1 aromatic carbocycles. The average molecular weight is 237 g/mol. The van der Waals surface area contributed by atoms with Crippen molar-refractivity contribution in [3.05, 3.63) is 38.9 Å². The van der Waals surface area contributed by atoms with Gasteiger partial charge in [0.1, 0.15) is 0 Å². The second-order valence-corrected chi connectivity index (χ2v) is 3.74. The van der Waals surface area contributed by atoms with Crippen LogP contribution in [-0.4, -0.2) is 17.5 Å². The van der Waals surface area contributed by atoms with Gasteiger partial charge in [-0.2, -0.15) is 0 Å². The lowest BCUT2D eigenvalue weighted by Gasteiger charge is -2.09. The third-order valence-electron chi connectivity index (χ3n) is 2.63. The maximum atomic E-state index is 11.4. The molecule has 1 aromatic rings. The number of hydrogen-bond acceptors (Lipinski definition) is 4. The zero-order valence-corrected chi connectivity index (χ0v) is 10.1. The lowest BCUT2D eigenvalue weighted by Crippen LogP contribution is -2.10. The topological polar surface area (TPSA) is 69.4 Å². The molecule has 0 heterocycles. The fraction of sp³-hybridized carbons (Fsp3) is 0.417. The zero-order chi connectivity index (χ0) is 13.0. The number of aryl methyl sites for hydroxylation is 1. The quantitative estimate of drug-likeness (QED) is 0.457. The maximum absolute atomic E-state index is 11.4. The highest BCUT2D eigenvalue weighted by Gasteiger charge is 2.17. The van der Waals surface area contributed by atoms with Crippen LogP contribution in [0.5, 0.6) is 0 Å². The van der Waals surface area contributed by atoms with E-state index in [2.05, 4.69) is 0 Å². The van der Waals surface area contributed by atoms with Crippen LogP contribution >= 0.6 is 0 Å². The smallest absolute Gasteiger partial charge is 0.310 e. The van der Waals surface area contributed by atoms with E-state index in [4.69, 9.17) is 4.74 Å². The van der Waals surface area contributed by atoms with Crippen molar-refractivity contribution < 1.29 is 14.5 Å². The molecule has 0 N–H and O–H groups in total. The predicted molar refractivity (Wildman–Crippen MR) is 62.9 cm³/mol. The second kappa shape index (κ2) is 5.43. The van der Waals surface area contributed by atoms with E-state index in [1.165, 1.54) is 6.07 Å². The van der Waals surface area contributed by atoms with E-state index in [-0.39, 0.29) is 18.1 Å². The van der Waals surface area contributed by atoms with Crippen LogP contribution in [0.15, 0.2) is 12.1 Å². The van der Waals surface area contributed by atoms with Crippen molar-refractivity contribution in [2.24, 2.45) is 0 Å². The molecule has 1 rings (SSSR count). The first-order valence-electron chi connectivity index (χ1n) is 5.36. The number of hydrogen-bond donors (Lipinski definition) is 0. The Morgan fingerprint density at radius 1 is 1.41 bits per heavy atom. The number of rotatable bonds is 4. The van der Waals surface area contributed by atoms with Crippen LogP contribution in [0.25, 0.3) is 0 Å². The Bertz CT molecular complexity index is 454. The van der Waals surface area contributed by atoms with E-state index in [1.54, 1.807) is 19.9 Å². The molecule has 17 heavy (non-hydrogen) atoms. The zero-order valence-electron chi connectivity index (χ0n) is 10.1. The Morgan fingerprint density at radius 2 is 2.06 bits per heavy atom. The number of nitro groups is 1. The van der Waals surface area contributed by atoms with Gasteiger partial charge in [-0.3, -0.25) is 14.9 Å². The van der Waals surface area contributed by atoms with E-state index in [0.29, 0.717) is 17.7 Å². The molecule has 0 saturated heterocycles. The molecule has 0 bridgehead atoms. The Balaban J connectivity index is 3.09. The molecule has 0 saturated carbocycles. The first-order valence-corrected chi connectivity index (χ1v) is 5.36. The van der Waals surface area contributed by atoms with Crippen molar-refractivity contribution in [2.45, 2.75) is 27.2 Å². The molecule has 0 aliphatic heterocycles. The lowest BCUT2D eigenvalue weighted by atomic mass is 9.98. The first kappa shape index (κ1) is 13.2. The Hall–Kier alpha value is -1.91. The van der Waals surface area contributed by atoms with Gasteiger partial charge in [-0.05, 0) is 31.9 Å². The molecule has 5 heteroatoms. The number of nitro benzene ring substituents is 1. The van der Waals surface area contributed by atoms with E-state index >= 15 is 0 Å². The highest BCUT2D eigenvalue weighted by atomic mass is 16.6. The molecule has 92 valence electrons. The highest BCUT2D eigenvalue weighted by molar-refractivity contribution is 5.74. The van der Waals surface area contributed by atoms with E-state index in [0.717, 1.165) is 5.56 Å². The molecular formula is C12H15NO4. The van der Waals surface area contributed by atoms with E-state index in [1.807, 2.05) is 6.92 Å². The van der Waals surface area contributed by atoms with Crippen molar-refractivity contribution in [3.63, 3.8) is 0 Å². The fourth-order valence-corrected chi connectivity index (χ4v) is 1.71. The van der Waals surface area contributed by atoms with Gasteiger partial charge in [0, 0.05) is 11.6 Å². The van der Waals surface area contributed by atoms with E-state index in [9.17, 15) is 14.9 Å². The summed E-state index contributed by atoms with van der Waals surface area (Å²) in [5.41, 5.74) is 2.11. The van der Waals surface area contributed by atoms with Crippen molar-refractivity contribution >= 4 is 11.7 Å². The molecule has 0 aromatic heterocycles. The summed E-state index contributed by atoms with van der Waals surface area (Å²) >= 11 is 0. The summed E-state index contributed by atoms with van der Waals surface area (Å²) in [4.78, 5) is 21.8. The van der Waals surface area contributed by atoms with Crippen LogP contribution in [0.1, 0.15) is 23.6 Å². The Kier molecular flexibility index (Phi) is 4.20. The lowest BCUT2D eigenvalue weighted by molar-refractivity contribution is -0.385. The van der Waals surface area contributed by atoms with Gasteiger partial charge in [0.15, 0.2) is 0 Å². The Morgan fingerprint density at radius 3 is 2.59 bits per heavy atom. The summed E-state index contributed by atoms with van der Waals surface area (Å²) in [6.07, 6.45) is 0.0766. The predicted octanol–water partition coefficient (Wildman–Crippen LogP) is 2.32.